The average molecular weight is 496 g/mol. The fraction of sp³-hybridized carbons (Fsp3) is 0.231. The Morgan fingerprint density at radius 1 is 0.914 bits per heavy atom. The van der Waals surface area contributed by atoms with Crippen LogP contribution in [0.1, 0.15) is 24.5 Å². The van der Waals surface area contributed by atoms with Crippen LogP contribution in [0.2, 0.25) is 0 Å². The Bertz CT molecular complexity index is 1320. The number of methoxy groups -OCH3 is 1. The molecule has 0 aromatic heterocycles. The minimum Gasteiger partial charge on any atom is -0.497 e. The number of ether oxygens (including phenoxy) is 1. The van der Waals surface area contributed by atoms with E-state index in [0.29, 0.717) is 28.4 Å². The number of hydrogen-bond acceptors (Lipinski definition) is 5. The average Bonchev–Trinajstić information content (AvgIpc) is 2.79. The lowest BCUT2D eigenvalue weighted by Gasteiger charge is -2.25. The van der Waals surface area contributed by atoms with Gasteiger partial charge in [0.2, 0.25) is 11.8 Å². The molecule has 0 unspecified atom stereocenters. The summed E-state index contributed by atoms with van der Waals surface area (Å²) in [7, 11) is -2.41. The number of benzene rings is 3. The number of hydrogen-bond donors (Lipinski definition) is 2. The zero-order valence-corrected chi connectivity index (χ0v) is 21.0. The zero-order valence-electron chi connectivity index (χ0n) is 20.2. The zero-order chi connectivity index (χ0) is 25.6. The summed E-state index contributed by atoms with van der Waals surface area (Å²) in [5.41, 5.74) is 3.05. The predicted molar refractivity (Wildman–Crippen MR) is 137 cm³/mol. The van der Waals surface area contributed by atoms with Crippen LogP contribution in [0, 0.1) is 13.8 Å². The van der Waals surface area contributed by atoms with Crippen molar-refractivity contribution in [1.29, 1.82) is 0 Å². The van der Waals surface area contributed by atoms with Crippen LogP contribution in [0.5, 0.6) is 5.75 Å². The Hall–Kier alpha value is -3.85. The lowest BCUT2D eigenvalue weighted by atomic mass is 10.2. The van der Waals surface area contributed by atoms with Crippen molar-refractivity contribution in [3.63, 3.8) is 0 Å². The molecule has 8 nitrogen and oxygen atoms in total. The number of rotatable bonds is 9. The van der Waals surface area contributed by atoms with E-state index in [-0.39, 0.29) is 29.7 Å². The molecule has 3 aromatic carbocycles. The molecule has 184 valence electrons. The summed E-state index contributed by atoms with van der Waals surface area (Å²) in [6, 6.07) is 18.5. The molecule has 0 saturated carbocycles. The SMILES string of the molecule is COc1ccc(N(CCC(=O)Nc2cccc(NC(C)=O)c2)S(=O)(=O)c2ccc(C)cc2C)cc1. The molecule has 0 spiro atoms. The number of carbonyl (C=O) groups is 2. The van der Waals surface area contributed by atoms with E-state index < -0.39 is 10.0 Å². The van der Waals surface area contributed by atoms with Crippen LogP contribution >= 0.6 is 0 Å². The van der Waals surface area contributed by atoms with E-state index in [0.717, 1.165) is 5.56 Å². The Morgan fingerprint density at radius 2 is 1.57 bits per heavy atom. The maximum atomic E-state index is 13.7. The van der Waals surface area contributed by atoms with Gasteiger partial charge in [0.1, 0.15) is 5.75 Å². The lowest BCUT2D eigenvalue weighted by molar-refractivity contribution is -0.116. The molecule has 0 aliphatic rings. The second-order valence-electron chi connectivity index (χ2n) is 8.10. The predicted octanol–water partition coefficient (Wildman–Crippen LogP) is 4.49. The number of amides is 2. The molecule has 0 radical (unpaired) electrons. The van der Waals surface area contributed by atoms with Crippen molar-refractivity contribution < 1.29 is 22.7 Å². The van der Waals surface area contributed by atoms with Gasteiger partial charge in [0.25, 0.3) is 10.0 Å². The van der Waals surface area contributed by atoms with Gasteiger partial charge in [0, 0.05) is 31.3 Å². The number of sulfonamides is 1. The van der Waals surface area contributed by atoms with E-state index in [4.69, 9.17) is 4.74 Å². The van der Waals surface area contributed by atoms with E-state index in [1.807, 2.05) is 13.0 Å². The van der Waals surface area contributed by atoms with E-state index in [1.54, 1.807) is 67.6 Å². The summed E-state index contributed by atoms with van der Waals surface area (Å²) in [5, 5.41) is 5.42. The smallest absolute Gasteiger partial charge is 0.264 e. The molecule has 0 fully saturated rings. The van der Waals surface area contributed by atoms with Gasteiger partial charge in [-0.25, -0.2) is 8.42 Å². The largest absolute Gasteiger partial charge is 0.497 e. The number of anilines is 3. The van der Waals surface area contributed by atoms with Crippen molar-refractivity contribution in [3.05, 3.63) is 77.9 Å². The number of nitrogens with zero attached hydrogens (tertiary/aromatic N) is 1. The number of carbonyl (C=O) groups excluding carboxylic acids is 2. The first-order chi connectivity index (χ1) is 16.6. The first-order valence-electron chi connectivity index (χ1n) is 11.0. The van der Waals surface area contributed by atoms with Gasteiger partial charge in [-0.15, -0.1) is 0 Å². The van der Waals surface area contributed by atoms with Gasteiger partial charge in [0.05, 0.1) is 17.7 Å². The van der Waals surface area contributed by atoms with E-state index in [9.17, 15) is 18.0 Å². The van der Waals surface area contributed by atoms with Crippen LogP contribution < -0.4 is 19.7 Å². The minimum atomic E-state index is -3.94. The molecule has 0 aliphatic heterocycles. The topological polar surface area (TPSA) is 105 Å². The fourth-order valence-electron chi connectivity index (χ4n) is 3.65. The Kier molecular flexibility index (Phi) is 8.14. The van der Waals surface area contributed by atoms with Gasteiger partial charge in [0.15, 0.2) is 0 Å². The molecule has 0 saturated heterocycles. The van der Waals surface area contributed by atoms with Gasteiger partial charge in [-0.1, -0.05) is 23.8 Å². The summed E-state index contributed by atoms with van der Waals surface area (Å²) in [6.07, 6.45) is -0.0828. The van der Waals surface area contributed by atoms with Gasteiger partial charge in [-0.3, -0.25) is 13.9 Å². The quantitative estimate of drug-likeness (QED) is 0.455. The summed E-state index contributed by atoms with van der Waals surface area (Å²) in [5.74, 6) is 0.00828. The number of aryl methyl sites for hydroxylation is 2. The minimum absolute atomic E-state index is 0.0702. The monoisotopic (exact) mass is 495 g/mol. The fourth-order valence-corrected chi connectivity index (χ4v) is 5.32. The van der Waals surface area contributed by atoms with Crippen LogP contribution in [-0.2, 0) is 19.6 Å². The molecule has 0 aliphatic carbocycles. The molecular formula is C26H29N3O5S. The third-order valence-electron chi connectivity index (χ3n) is 5.27. The number of nitrogens with one attached hydrogen (secondary N) is 2. The Balaban J connectivity index is 1.84. The third-order valence-corrected chi connectivity index (χ3v) is 7.26. The van der Waals surface area contributed by atoms with Crippen LogP contribution in [-0.4, -0.2) is 33.9 Å². The summed E-state index contributed by atoms with van der Waals surface area (Å²) < 4.78 is 33.7. The van der Waals surface area contributed by atoms with Crippen molar-refractivity contribution >= 4 is 38.9 Å². The van der Waals surface area contributed by atoms with Crippen molar-refractivity contribution in [2.75, 3.05) is 28.6 Å². The van der Waals surface area contributed by atoms with Gasteiger partial charge in [-0.05, 0) is 67.9 Å². The standard InChI is InChI=1S/C26H29N3O5S/c1-18-8-13-25(19(2)16-18)35(32,33)29(23-9-11-24(34-4)12-10-23)15-14-26(31)28-22-7-5-6-21(17-22)27-20(3)30/h5-13,16-17H,14-15H2,1-4H3,(H,27,30)(H,28,31). The highest BCUT2D eigenvalue weighted by Gasteiger charge is 2.27. The van der Waals surface area contributed by atoms with Crippen molar-refractivity contribution in [3.8, 4) is 5.75 Å². The molecule has 9 heteroatoms. The first kappa shape index (κ1) is 25.8. The normalized spacial score (nSPS) is 11.0. The summed E-state index contributed by atoms with van der Waals surface area (Å²) >= 11 is 0. The maximum absolute atomic E-state index is 13.7. The maximum Gasteiger partial charge on any atom is 0.264 e. The summed E-state index contributed by atoms with van der Waals surface area (Å²) in [6.45, 7) is 4.98. The highest BCUT2D eigenvalue weighted by molar-refractivity contribution is 7.92. The molecule has 0 heterocycles. The second-order valence-corrected chi connectivity index (χ2v) is 9.94. The Morgan fingerprint density at radius 3 is 2.17 bits per heavy atom. The molecule has 3 rings (SSSR count). The van der Waals surface area contributed by atoms with Crippen molar-refractivity contribution in [1.82, 2.24) is 0 Å². The van der Waals surface area contributed by atoms with Gasteiger partial charge in [-0.2, -0.15) is 0 Å². The molecule has 3 aromatic rings. The van der Waals surface area contributed by atoms with Crippen LogP contribution in [0.3, 0.4) is 0 Å². The van der Waals surface area contributed by atoms with Gasteiger partial charge < -0.3 is 15.4 Å². The van der Waals surface area contributed by atoms with Crippen LogP contribution in [0.4, 0.5) is 17.1 Å². The van der Waals surface area contributed by atoms with E-state index in [1.165, 1.54) is 18.3 Å². The first-order valence-corrected chi connectivity index (χ1v) is 12.5. The van der Waals surface area contributed by atoms with Crippen LogP contribution in [0.25, 0.3) is 0 Å². The van der Waals surface area contributed by atoms with Gasteiger partial charge >= 0.3 is 0 Å². The van der Waals surface area contributed by atoms with E-state index in [2.05, 4.69) is 10.6 Å². The van der Waals surface area contributed by atoms with Crippen molar-refractivity contribution in [2.24, 2.45) is 0 Å². The molecule has 35 heavy (non-hydrogen) atoms. The summed E-state index contributed by atoms with van der Waals surface area (Å²) in [4.78, 5) is 24.2. The van der Waals surface area contributed by atoms with E-state index >= 15 is 0 Å². The lowest BCUT2D eigenvalue weighted by Crippen LogP contribution is -2.34. The molecule has 0 atom stereocenters. The molecule has 2 amide bonds. The highest BCUT2D eigenvalue weighted by Crippen LogP contribution is 2.28. The Labute approximate surface area is 206 Å². The van der Waals surface area contributed by atoms with Crippen molar-refractivity contribution in [2.45, 2.75) is 32.1 Å². The third kappa shape index (κ3) is 6.60. The molecular weight excluding hydrogens is 466 g/mol. The molecule has 2 N–H and O–H groups in total. The highest BCUT2D eigenvalue weighted by atomic mass is 32.2. The molecule has 0 bridgehead atoms. The second kappa shape index (κ2) is 11.1. The van der Waals surface area contributed by atoms with Crippen LogP contribution in [0.15, 0.2) is 71.6 Å².